The number of ether oxygens (including phenoxy) is 2. The first-order chi connectivity index (χ1) is 8.41. The van der Waals surface area contributed by atoms with Gasteiger partial charge in [0.15, 0.2) is 11.5 Å². The fourth-order valence-corrected chi connectivity index (χ4v) is 2.11. The van der Waals surface area contributed by atoms with Crippen molar-refractivity contribution in [1.82, 2.24) is 0 Å². The minimum atomic E-state index is -0.411. The smallest absolute Gasteiger partial charge is 0.454 e. The molecule has 4 nitrogen and oxygen atoms in total. The largest absolute Gasteiger partial charge is 0.498 e. The van der Waals surface area contributed by atoms with Gasteiger partial charge in [-0.3, -0.25) is 0 Å². The van der Waals surface area contributed by atoms with E-state index in [9.17, 15) is 0 Å². The maximum absolute atomic E-state index is 6.02. The molecular weight excluding hydrogens is 231 g/mol. The molecule has 0 saturated carbocycles. The molecule has 2 heterocycles. The second-order valence-corrected chi connectivity index (χ2v) is 5.67. The molecule has 0 N–H and O–H groups in total. The van der Waals surface area contributed by atoms with Gasteiger partial charge in [0.05, 0.1) is 11.2 Å². The SMILES string of the molecule is CC1(C)OB(c2cccc3c2OCO3)OC1(C)C. The van der Waals surface area contributed by atoms with E-state index in [2.05, 4.69) is 0 Å². The van der Waals surface area contributed by atoms with Crippen LogP contribution >= 0.6 is 0 Å². The Morgan fingerprint density at radius 3 is 2.33 bits per heavy atom. The summed E-state index contributed by atoms with van der Waals surface area (Å²) < 4.78 is 22.9. The van der Waals surface area contributed by atoms with Crippen molar-refractivity contribution >= 4 is 12.6 Å². The lowest BCUT2D eigenvalue weighted by molar-refractivity contribution is 0.00578. The molecule has 0 atom stereocenters. The molecule has 0 aromatic heterocycles. The second kappa shape index (κ2) is 3.65. The van der Waals surface area contributed by atoms with Gasteiger partial charge >= 0.3 is 7.12 Å². The molecule has 0 spiro atoms. The van der Waals surface area contributed by atoms with Crippen LogP contribution in [0.4, 0.5) is 0 Å². The molecule has 3 rings (SSSR count). The molecular formula is C13H17BO4. The van der Waals surface area contributed by atoms with E-state index in [-0.39, 0.29) is 18.0 Å². The summed E-state index contributed by atoms with van der Waals surface area (Å²) in [5.74, 6) is 1.48. The van der Waals surface area contributed by atoms with Crippen molar-refractivity contribution in [3.05, 3.63) is 18.2 Å². The first kappa shape index (κ1) is 11.9. The number of para-hydroxylation sites is 1. The third-order valence-electron chi connectivity index (χ3n) is 3.93. The van der Waals surface area contributed by atoms with Crippen LogP contribution in [-0.4, -0.2) is 25.1 Å². The molecule has 0 aliphatic carbocycles. The van der Waals surface area contributed by atoms with E-state index in [0.29, 0.717) is 0 Å². The van der Waals surface area contributed by atoms with Gasteiger partial charge in [-0.25, -0.2) is 0 Å². The van der Waals surface area contributed by atoms with Crippen molar-refractivity contribution in [3.63, 3.8) is 0 Å². The highest BCUT2D eigenvalue weighted by Crippen LogP contribution is 2.39. The maximum Gasteiger partial charge on any atom is 0.498 e. The van der Waals surface area contributed by atoms with Gasteiger partial charge in [0.2, 0.25) is 6.79 Å². The van der Waals surface area contributed by atoms with Gasteiger partial charge in [-0.05, 0) is 33.8 Å². The normalized spacial score (nSPS) is 23.4. The molecule has 2 aliphatic rings. The summed E-state index contributed by atoms with van der Waals surface area (Å²) >= 11 is 0. The zero-order valence-corrected chi connectivity index (χ0v) is 11.1. The van der Waals surface area contributed by atoms with Gasteiger partial charge in [0.1, 0.15) is 0 Å². The summed E-state index contributed by atoms with van der Waals surface area (Å²) in [6.45, 7) is 8.40. The number of rotatable bonds is 1. The monoisotopic (exact) mass is 248 g/mol. The Hall–Kier alpha value is -1.20. The summed E-state index contributed by atoms with van der Waals surface area (Å²) in [6, 6.07) is 5.76. The molecule has 0 unspecified atom stereocenters. The summed E-state index contributed by atoms with van der Waals surface area (Å²) in [5.41, 5.74) is 0.198. The van der Waals surface area contributed by atoms with Crippen molar-refractivity contribution in [1.29, 1.82) is 0 Å². The number of hydrogen-bond donors (Lipinski definition) is 0. The molecule has 1 aromatic carbocycles. The van der Waals surface area contributed by atoms with Crippen molar-refractivity contribution in [3.8, 4) is 11.5 Å². The van der Waals surface area contributed by atoms with Crippen LogP contribution in [0.1, 0.15) is 27.7 Å². The summed E-state index contributed by atoms with van der Waals surface area (Å²) in [7, 11) is -0.411. The fourth-order valence-electron chi connectivity index (χ4n) is 2.11. The highest BCUT2D eigenvalue weighted by atomic mass is 16.7. The Labute approximate surface area is 107 Å². The quantitative estimate of drug-likeness (QED) is 0.709. The molecule has 0 amide bonds. The summed E-state index contributed by atoms with van der Waals surface area (Å²) in [6.07, 6.45) is 0. The van der Waals surface area contributed by atoms with Crippen molar-refractivity contribution in [2.45, 2.75) is 38.9 Å². The van der Waals surface area contributed by atoms with Crippen LogP contribution in [0.25, 0.3) is 0 Å². The summed E-state index contributed by atoms with van der Waals surface area (Å²) in [4.78, 5) is 0. The van der Waals surface area contributed by atoms with Gasteiger partial charge in [0.25, 0.3) is 0 Å². The van der Waals surface area contributed by atoms with E-state index in [0.717, 1.165) is 17.0 Å². The number of hydrogen-bond acceptors (Lipinski definition) is 4. The first-order valence-electron chi connectivity index (χ1n) is 6.15. The van der Waals surface area contributed by atoms with E-state index < -0.39 is 7.12 Å². The molecule has 1 fully saturated rings. The minimum absolute atomic E-state index is 0.256. The Morgan fingerprint density at radius 2 is 1.67 bits per heavy atom. The van der Waals surface area contributed by atoms with E-state index in [1.165, 1.54) is 0 Å². The van der Waals surface area contributed by atoms with E-state index >= 15 is 0 Å². The minimum Gasteiger partial charge on any atom is -0.454 e. The average Bonchev–Trinajstić information content (AvgIpc) is 2.81. The van der Waals surface area contributed by atoms with Gasteiger partial charge < -0.3 is 18.8 Å². The lowest BCUT2D eigenvalue weighted by Crippen LogP contribution is -2.41. The number of benzene rings is 1. The summed E-state index contributed by atoms with van der Waals surface area (Å²) in [5, 5.41) is 0. The molecule has 96 valence electrons. The highest BCUT2D eigenvalue weighted by Gasteiger charge is 2.52. The van der Waals surface area contributed by atoms with E-state index in [4.69, 9.17) is 18.8 Å². The van der Waals surface area contributed by atoms with Crippen molar-refractivity contribution < 1.29 is 18.8 Å². The Balaban J connectivity index is 1.97. The van der Waals surface area contributed by atoms with Gasteiger partial charge in [-0.15, -0.1) is 0 Å². The lowest BCUT2D eigenvalue weighted by atomic mass is 9.78. The average molecular weight is 248 g/mol. The van der Waals surface area contributed by atoms with Gasteiger partial charge in [-0.2, -0.15) is 0 Å². The molecule has 2 aliphatic heterocycles. The van der Waals surface area contributed by atoms with Crippen LogP contribution in [0.3, 0.4) is 0 Å². The lowest BCUT2D eigenvalue weighted by Gasteiger charge is -2.32. The van der Waals surface area contributed by atoms with Gasteiger partial charge in [-0.1, -0.05) is 12.1 Å². The second-order valence-electron chi connectivity index (χ2n) is 5.67. The predicted octanol–water partition coefficient (Wildman–Crippen LogP) is 1.71. The van der Waals surface area contributed by atoms with E-state index in [1.54, 1.807) is 0 Å². The Morgan fingerprint density at radius 1 is 1.00 bits per heavy atom. The fraction of sp³-hybridized carbons (Fsp3) is 0.538. The maximum atomic E-state index is 6.02. The van der Waals surface area contributed by atoms with Crippen LogP contribution < -0.4 is 14.9 Å². The molecule has 0 radical (unpaired) electrons. The third kappa shape index (κ3) is 1.61. The third-order valence-corrected chi connectivity index (χ3v) is 3.93. The molecule has 18 heavy (non-hydrogen) atoms. The van der Waals surface area contributed by atoms with Crippen molar-refractivity contribution in [2.24, 2.45) is 0 Å². The van der Waals surface area contributed by atoms with E-state index in [1.807, 2.05) is 45.9 Å². The van der Waals surface area contributed by atoms with Crippen LogP contribution in [0.15, 0.2) is 18.2 Å². The molecule has 0 bridgehead atoms. The van der Waals surface area contributed by atoms with Crippen LogP contribution in [0.5, 0.6) is 11.5 Å². The van der Waals surface area contributed by atoms with Gasteiger partial charge in [0, 0.05) is 5.46 Å². The van der Waals surface area contributed by atoms with Crippen LogP contribution in [0.2, 0.25) is 0 Å². The molecule has 1 aromatic rings. The molecule has 5 heteroatoms. The Kier molecular flexibility index (Phi) is 2.41. The van der Waals surface area contributed by atoms with Crippen molar-refractivity contribution in [2.75, 3.05) is 6.79 Å². The number of fused-ring (bicyclic) bond motifs is 1. The topological polar surface area (TPSA) is 36.9 Å². The van der Waals surface area contributed by atoms with Crippen LogP contribution in [0, 0.1) is 0 Å². The predicted molar refractivity (Wildman–Crippen MR) is 68.3 cm³/mol. The Bertz CT molecular complexity index is 468. The van der Waals surface area contributed by atoms with Crippen LogP contribution in [-0.2, 0) is 9.31 Å². The highest BCUT2D eigenvalue weighted by molar-refractivity contribution is 6.63. The zero-order valence-electron chi connectivity index (χ0n) is 11.1. The first-order valence-corrected chi connectivity index (χ1v) is 6.15. The zero-order chi connectivity index (χ0) is 13.0. The molecule has 1 saturated heterocycles. The standard InChI is InChI=1S/C13H17BO4/c1-12(2)13(3,4)18-14(17-12)9-6-5-7-10-11(9)16-8-15-10/h5-7H,8H2,1-4H3.